The van der Waals surface area contributed by atoms with Crippen LogP contribution in [-0.2, 0) is 4.79 Å². The van der Waals surface area contributed by atoms with E-state index in [2.05, 4.69) is 11.8 Å². The molecule has 1 unspecified atom stereocenters. The zero-order valence-corrected chi connectivity index (χ0v) is 20.2. The number of hydrogen-bond donors (Lipinski definition) is 0. The number of amides is 1. The van der Waals surface area contributed by atoms with Gasteiger partial charge in [-0.15, -0.1) is 12.4 Å². The van der Waals surface area contributed by atoms with E-state index in [9.17, 15) is 4.79 Å². The third-order valence-corrected chi connectivity index (χ3v) is 6.85. The quantitative estimate of drug-likeness (QED) is 0.460. The summed E-state index contributed by atoms with van der Waals surface area (Å²) in [6, 6.07) is 5.74. The number of amidine groups is 1. The second-order valence-corrected chi connectivity index (χ2v) is 9.42. The molecule has 0 spiro atoms. The van der Waals surface area contributed by atoms with Crippen molar-refractivity contribution in [3.8, 4) is 0 Å². The molecule has 4 nitrogen and oxygen atoms in total. The van der Waals surface area contributed by atoms with Gasteiger partial charge in [-0.2, -0.15) is 0 Å². The highest BCUT2D eigenvalue weighted by molar-refractivity contribution is 8.14. The maximum absolute atomic E-state index is 12.6. The number of anilines is 1. The molecule has 0 aromatic heterocycles. The average molecular weight is 479 g/mol. The molecule has 1 amide bonds. The summed E-state index contributed by atoms with van der Waals surface area (Å²) in [6.07, 6.45) is 8.33. The summed E-state index contributed by atoms with van der Waals surface area (Å²) < 4.78 is 0. The molecule has 1 heterocycles. The van der Waals surface area contributed by atoms with Crippen LogP contribution in [0.25, 0.3) is 0 Å². The van der Waals surface area contributed by atoms with Gasteiger partial charge in [-0.05, 0) is 37.5 Å². The van der Waals surface area contributed by atoms with Gasteiger partial charge in [0.15, 0.2) is 5.17 Å². The average Bonchev–Trinajstić information content (AvgIpc) is 3.02. The minimum absolute atomic E-state index is 0. The fraction of sp³-hybridized carbons (Fsp3) is 0.619. The predicted molar refractivity (Wildman–Crippen MR) is 129 cm³/mol. The van der Waals surface area contributed by atoms with Crippen molar-refractivity contribution >= 4 is 64.1 Å². The van der Waals surface area contributed by atoms with Gasteiger partial charge in [-0.1, -0.05) is 67.6 Å². The second kappa shape index (κ2) is 11.7. The van der Waals surface area contributed by atoms with Gasteiger partial charge in [0, 0.05) is 35.0 Å². The molecule has 162 valence electrons. The van der Waals surface area contributed by atoms with E-state index in [1.54, 1.807) is 24.8 Å². The lowest BCUT2D eigenvalue weighted by molar-refractivity contribution is -0.117. The number of halogens is 3. The Kier molecular flexibility index (Phi) is 9.93. The molecular formula is C21H30Cl3N3OS. The normalized spacial score (nSPS) is 21.3. The fourth-order valence-corrected chi connectivity index (χ4v) is 5.70. The predicted octanol–water partition coefficient (Wildman–Crippen LogP) is 6.63. The van der Waals surface area contributed by atoms with Crippen LogP contribution in [0.3, 0.4) is 0 Å². The van der Waals surface area contributed by atoms with Crippen LogP contribution in [0, 0.1) is 0 Å². The van der Waals surface area contributed by atoms with E-state index in [0.29, 0.717) is 16.1 Å². The van der Waals surface area contributed by atoms with Crippen LogP contribution in [0.15, 0.2) is 23.2 Å². The number of thioether (sulfide) groups is 1. The zero-order valence-electron chi connectivity index (χ0n) is 17.1. The maximum atomic E-state index is 12.6. The highest BCUT2D eigenvalue weighted by Crippen LogP contribution is 2.34. The van der Waals surface area contributed by atoms with Crippen LogP contribution in [0.5, 0.6) is 0 Å². The maximum Gasteiger partial charge on any atom is 0.225 e. The Morgan fingerprint density at radius 2 is 1.86 bits per heavy atom. The van der Waals surface area contributed by atoms with Crippen molar-refractivity contribution in [2.24, 2.45) is 4.99 Å². The molecule has 2 fully saturated rings. The van der Waals surface area contributed by atoms with Gasteiger partial charge in [0.05, 0.1) is 6.04 Å². The molecule has 1 saturated heterocycles. The lowest BCUT2D eigenvalue weighted by Crippen LogP contribution is -2.50. The summed E-state index contributed by atoms with van der Waals surface area (Å²) in [5.41, 5.74) is 0.746. The number of aliphatic imine (C=N–C) groups is 1. The Morgan fingerprint density at radius 1 is 1.21 bits per heavy atom. The van der Waals surface area contributed by atoms with Gasteiger partial charge in [0.25, 0.3) is 0 Å². The van der Waals surface area contributed by atoms with Crippen molar-refractivity contribution in [1.82, 2.24) is 4.90 Å². The van der Waals surface area contributed by atoms with Crippen molar-refractivity contribution in [3.05, 3.63) is 28.2 Å². The molecule has 1 aromatic rings. The molecule has 3 rings (SSSR count). The first kappa shape index (κ1) is 24.6. The first-order valence-electron chi connectivity index (χ1n) is 10.2. The lowest BCUT2D eigenvalue weighted by Gasteiger charge is -2.35. The summed E-state index contributed by atoms with van der Waals surface area (Å²) in [5, 5.41) is 2.16. The largest absolute Gasteiger partial charge is 0.330 e. The number of nitrogens with zero attached hydrogens (tertiary/aromatic N) is 3. The van der Waals surface area contributed by atoms with Crippen LogP contribution in [0.4, 0.5) is 5.69 Å². The molecule has 0 bridgehead atoms. The van der Waals surface area contributed by atoms with E-state index in [1.165, 1.54) is 32.1 Å². The molecule has 29 heavy (non-hydrogen) atoms. The Bertz CT molecular complexity index is 705. The number of rotatable bonds is 6. The minimum atomic E-state index is -0.0640. The van der Waals surface area contributed by atoms with Crippen LogP contribution in [0.2, 0.25) is 10.0 Å². The summed E-state index contributed by atoms with van der Waals surface area (Å²) >= 11 is 14.2. The molecule has 1 aliphatic heterocycles. The van der Waals surface area contributed by atoms with E-state index in [0.717, 1.165) is 36.0 Å². The Labute approximate surface area is 194 Å². The monoisotopic (exact) mass is 477 g/mol. The fourth-order valence-electron chi connectivity index (χ4n) is 3.96. The zero-order chi connectivity index (χ0) is 20.1. The number of carbonyl (C=O) groups excluding carboxylic acids is 1. The van der Waals surface area contributed by atoms with E-state index in [-0.39, 0.29) is 24.5 Å². The molecule has 1 aromatic carbocycles. The Balaban J connectivity index is 0.00000300. The minimum Gasteiger partial charge on any atom is -0.330 e. The van der Waals surface area contributed by atoms with E-state index in [1.807, 2.05) is 17.0 Å². The lowest BCUT2D eigenvalue weighted by atomic mass is 9.96. The highest BCUT2D eigenvalue weighted by atomic mass is 35.5. The van der Waals surface area contributed by atoms with Gasteiger partial charge in [-0.25, -0.2) is 0 Å². The van der Waals surface area contributed by atoms with E-state index < -0.39 is 0 Å². The Morgan fingerprint density at radius 3 is 2.45 bits per heavy atom. The first-order valence-corrected chi connectivity index (χ1v) is 12.0. The summed E-state index contributed by atoms with van der Waals surface area (Å²) in [7, 11) is 0. The van der Waals surface area contributed by atoms with Gasteiger partial charge >= 0.3 is 0 Å². The molecule has 8 heteroatoms. The summed E-state index contributed by atoms with van der Waals surface area (Å²) in [6.45, 7) is 4.70. The van der Waals surface area contributed by atoms with Gasteiger partial charge in [-0.3, -0.25) is 14.7 Å². The van der Waals surface area contributed by atoms with Crippen molar-refractivity contribution in [3.63, 3.8) is 0 Å². The van der Waals surface area contributed by atoms with Crippen molar-refractivity contribution in [2.45, 2.75) is 71.0 Å². The third kappa shape index (κ3) is 6.43. The molecule has 1 saturated carbocycles. The van der Waals surface area contributed by atoms with E-state index in [4.69, 9.17) is 28.2 Å². The van der Waals surface area contributed by atoms with Crippen LogP contribution < -0.4 is 4.90 Å². The molecule has 2 aliphatic rings. The number of benzene rings is 1. The van der Waals surface area contributed by atoms with Crippen molar-refractivity contribution < 1.29 is 4.79 Å². The molecule has 1 atom stereocenters. The number of carbonyl (C=O) groups is 1. The van der Waals surface area contributed by atoms with Crippen molar-refractivity contribution in [2.75, 3.05) is 17.2 Å². The molecule has 0 N–H and O–H groups in total. The SMILES string of the molecule is CCCCN1C(=NC2CCCCC2)SCC1N(C(C)=O)c1cc(Cl)cc(Cl)c1.Cl. The first-order chi connectivity index (χ1) is 13.5. The summed E-state index contributed by atoms with van der Waals surface area (Å²) in [5.74, 6) is 0.795. The van der Waals surface area contributed by atoms with E-state index >= 15 is 0 Å². The van der Waals surface area contributed by atoms with Crippen LogP contribution in [-0.4, -0.2) is 40.5 Å². The molecule has 0 radical (unpaired) electrons. The Hall–Kier alpha value is -0.620. The van der Waals surface area contributed by atoms with Gasteiger partial charge in [0.1, 0.15) is 6.17 Å². The van der Waals surface area contributed by atoms with Gasteiger partial charge < -0.3 is 4.90 Å². The topological polar surface area (TPSA) is 35.9 Å². The van der Waals surface area contributed by atoms with Crippen LogP contribution >= 0.6 is 47.4 Å². The number of unbranched alkanes of at least 4 members (excludes halogenated alkanes) is 1. The highest BCUT2D eigenvalue weighted by Gasteiger charge is 2.37. The smallest absolute Gasteiger partial charge is 0.225 e. The van der Waals surface area contributed by atoms with Crippen molar-refractivity contribution in [1.29, 1.82) is 0 Å². The summed E-state index contributed by atoms with van der Waals surface area (Å²) in [4.78, 5) is 21.9. The second-order valence-electron chi connectivity index (χ2n) is 7.56. The molecular weight excluding hydrogens is 449 g/mol. The molecule has 1 aliphatic carbocycles. The van der Waals surface area contributed by atoms with Crippen LogP contribution in [0.1, 0.15) is 58.8 Å². The number of hydrogen-bond acceptors (Lipinski definition) is 3. The van der Waals surface area contributed by atoms with Gasteiger partial charge in [0.2, 0.25) is 5.91 Å². The third-order valence-electron chi connectivity index (χ3n) is 5.35. The standard InChI is InChI=1S/C21H29Cl2N3OS.ClH/c1-3-4-10-25-20(14-28-21(25)24-18-8-6-5-7-9-18)26(15(2)27)19-12-16(22)11-17(23)13-19;/h11-13,18,20H,3-10,14H2,1-2H3;1H.